The minimum absolute atomic E-state index is 0.115. The van der Waals surface area contributed by atoms with Crippen molar-refractivity contribution in [1.82, 2.24) is 0 Å². The summed E-state index contributed by atoms with van der Waals surface area (Å²) in [6.07, 6.45) is 85.3. The van der Waals surface area contributed by atoms with Crippen molar-refractivity contribution in [2.75, 3.05) is 13.2 Å². The number of allylic oxidation sites excluding steroid dienone is 18. The van der Waals surface area contributed by atoms with Gasteiger partial charge in [0.15, 0.2) is 6.10 Å². The van der Waals surface area contributed by atoms with Crippen LogP contribution in [0.4, 0.5) is 0 Å². The molecule has 6 heteroatoms. The van der Waals surface area contributed by atoms with Crippen molar-refractivity contribution < 1.29 is 28.6 Å². The van der Waals surface area contributed by atoms with Gasteiger partial charge in [0.1, 0.15) is 13.2 Å². The Morgan fingerprint density at radius 3 is 0.893 bits per heavy atom. The first-order chi connectivity index (χ1) is 37.0. The summed E-state index contributed by atoms with van der Waals surface area (Å²) >= 11 is 0. The van der Waals surface area contributed by atoms with Crippen LogP contribution in [-0.2, 0) is 28.6 Å². The molecule has 0 aliphatic rings. The van der Waals surface area contributed by atoms with Gasteiger partial charge in [0.05, 0.1) is 0 Å². The number of carbonyl (C=O) groups is 3. The molecule has 0 aromatic carbocycles. The maximum Gasteiger partial charge on any atom is 0.306 e. The van der Waals surface area contributed by atoms with Gasteiger partial charge in [-0.25, -0.2) is 0 Å². The second-order valence-corrected chi connectivity index (χ2v) is 20.6. The third-order valence-corrected chi connectivity index (χ3v) is 13.3. The van der Waals surface area contributed by atoms with Gasteiger partial charge in [0.25, 0.3) is 0 Å². The minimum atomic E-state index is -0.830. The van der Waals surface area contributed by atoms with Crippen LogP contribution in [0, 0.1) is 0 Å². The zero-order chi connectivity index (χ0) is 54.3. The van der Waals surface area contributed by atoms with Crippen LogP contribution in [0.15, 0.2) is 109 Å². The first kappa shape index (κ1) is 71.1. The van der Waals surface area contributed by atoms with Gasteiger partial charge in [-0.3, -0.25) is 14.4 Å². The first-order valence-electron chi connectivity index (χ1n) is 31.4. The molecule has 0 heterocycles. The number of hydrogen-bond donors (Lipinski definition) is 0. The Morgan fingerprint density at radius 1 is 0.280 bits per heavy atom. The molecule has 0 N–H and O–H groups in total. The Morgan fingerprint density at radius 2 is 0.547 bits per heavy atom. The summed E-state index contributed by atoms with van der Waals surface area (Å²) < 4.78 is 16.8. The van der Waals surface area contributed by atoms with E-state index >= 15 is 0 Å². The number of hydrogen-bond acceptors (Lipinski definition) is 6. The summed E-state index contributed by atoms with van der Waals surface area (Å²) in [4.78, 5) is 38.3. The van der Waals surface area contributed by atoms with Gasteiger partial charge in [0.2, 0.25) is 0 Å². The molecule has 0 bridgehead atoms. The summed E-state index contributed by atoms with van der Waals surface area (Å²) in [6, 6.07) is 0. The predicted molar refractivity (Wildman–Crippen MR) is 325 cm³/mol. The van der Waals surface area contributed by atoms with Gasteiger partial charge < -0.3 is 14.2 Å². The third-order valence-electron chi connectivity index (χ3n) is 13.3. The molecule has 0 unspecified atom stereocenters. The lowest BCUT2D eigenvalue weighted by Crippen LogP contribution is -2.30. The van der Waals surface area contributed by atoms with E-state index in [0.29, 0.717) is 19.3 Å². The first-order valence-corrected chi connectivity index (χ1v) is 31.4. The molecule has 0 spiro atoms. The molecule has 6 nitrogen and oxygen atoms in total. The van der Waals surface area contributed by atoms with Crippen LogP contribution in [0.5, 0.6) is 0 Å². The van der Waals surface area contributed by atoms with E-state index in [9.17, 15) is 14.4 Å². The smallest absolute Gasteiger partial charge is 0.306 e. The van der Waals surface area contributed by atoms with Gasteiger partial charge in [-0.2, -0.15) is 0 Å². The molecular formula is C69H116O6. The zero-order valence-electron chi connectivity index (χ0n) is 49.0. The summed E-state index contributed by atoms with van der Waals surface area (Å²) in [5.41, 5.74) is 0. The predicted octanol–water partition coefficient (Wildman–Crippen LogP) is 21.4. The van der Waals surface area contributed by atoms with Crippen LogP contribution >= 0.6 is 0 Å². The molecule has 1 atom stereocenters. The lowest BCUT2D eigenvalue weighted by Gasteiger charge is -2.18. The number of unbranched alkanes of at least 4 members (excludes halogenated alkanes) is 27. The van der Waals surface area contributed by atoms with E-state index in [2.05, 4.69) is 124 Å². The third kappa shape index (κ3) is 60.8. The van der Waals surface area contributed by atoms with E-state index in [0.717, 1.165) is 103 Å². The molecule has 0 aliphatic heterocycles. The van der Waals surface area contributed by atoms with E-state index in [1.54, 1.807) is 0 Å². The number of carbonyl (C=O) groups excluding carboxylic acids is 3. The second-order valence-electron chi connectivity index (χ2n) is 20.6. The SMILES string of the molecule is CC/C=C\C/C=C\C/C=C\C/C=C\C/C=C\C/C=C\CCC(=O)O[C@H](COC(=O)CCCCCC/C=C\C/C=C\C/C=C\CCCCC)COC(=O)CCCCCCCCCCCCCCCCCCCCCCC. The monoisotopic (exact) mass is 1040 g/mol. The van der Waals surface area contributed by atoms with E-state index < -0.39 is 12.1 Å². The van der Waals surface area contributed by atoms with Crippen LogP contribution in [0.25, 0.3) is 0 Å². The highest BCUT2D eigenvalue weighted by molar-refractivity contribution is 5.71. The molecule has 0 fully saturated rings. The average Bonchev–Trinajstić information content (AvgIpc) is 3.41. The van der Waals surface area contributed by atoms with Crippen LogP contribution in [0.3, 0.4) is 0 Å². The Kier molecular flexibility index (Phi) is 59.3. The fraction of sp³-hybridized carbons (Fsp3) is 0.696. The topological polar surface area (TPSA) is 78.9 Å². The van der Waals surface area contributed by atoms with Crippen LogP contribution in [-0.4, -0.2) is 37.2 Å². The summed E-state index contributed by atoms with van der Waals surface area (Å²) in [5, 5.41) is 0. The Balaban J connectivity index is 4.49. The lowest BCUT2D eigenvalue weighted by atomic mass is 10.0. The van der Waals surface area contributed by atoms with Gasteiger partial charge in [-0.15, -0.1) is 0 Å². The highest BCUT2D eigenvalue weighted by Crippen LogP contribution is 2.16. The van der Waals surface area contributed by atoms with Crippen LogP contribution < -0.4 is 0 Å². The molecule has 428 valence electrons. The highest BCUT2D eigenvalue weighted by Gasteiger charge is 2.19. The van der Waals surface area contributed by atoms with Crippen molar-refractivity contribution >= 4 is 17.9 Å². The van der Waals surface area contributed by atoms with Gasteiger partial charge in [-0.1, -0.05) is 284 Å². The molecule has 0 radical (unpaired) electrons. The standard InChI is InChI=1S/C69H116O6/c1-4-7-10-13-16-19-22-25-28-31-33-34-36-38-41-44-47-50-53-56-59-62-68(71)74-65-66(64-73-67(70)61-58-55-52-49-46-43-40-37-30-27-24-21-18-15-12-9-6-3)75-69(72)63-60-57-54-51-48-45-42-39-35-32-29-26-23-20-17-14-11-8-5-2/h8,11,17-18,20-21,26-27,29-30,35,39-40,43,45,48,54,57,66H,4-7,9-10,12-16,19,22-25,28,31-34,36-38,41-42,44,46-47,49-53,55-56,58-65H2,1-3H3/b11-8-,20-17-,21-18-,29-26-,30-27-,39-35-,43-40-,48-45-,57-54-/t66-/m1/s1. The highest BCUT2D eigenvalue weighted by atomic mass is 16.6. The molecular weight excluding hydrogens is 925 g/mol. The van der Waals surface area contributed by atoms with Crippen molar-refractivity contribution in [3.05, 3.63) is 109 Å². The minimum Gasteiger partial charge on any atom is -0.462 e. The number of esters is 3. The van der Waals surface area contributed by atoms with Gasteiger partial charge in [-0.05, 0) is 96.3 Å². The molecule has 0 aliphatic carbocycles. The van der Waals surface area contributed by atoms with Crippen molar-refractivity contribution in [2.45, 2.75) is 297 Å². The number of rotatable bonds is 56. The van der Waals surface area contributed by atoms with E-state index in [1.807, 2.05) is 6.08 Å². The summed E-state index contributed by atoms with van der Waals surface area (Å²) in [6.45, 7) is 6.44. The normalized spacial score (nSPS) is 12.8. The van der Waals surface area contributed by atoms with E-state index in [1.165, 1.54) is 141 Å². The largest absolute Gasteiger partial charge is 0.462 e. The lowest BCUT2D eigenvalue weighted by molar-refractivity contribution is -0.166. The Bertz CT molecular complexity index is 1520. The van der Waals surface area contributed by atoms with Crippen molar-refractivity contribution in [3.8, 4) is 0 Å². The fourth-order valence-electron chi connectivity index (χ4n) is 8.59. The fourth-order valence-corrected chi connectivity index (χ4v) is 8.59. The van der Waals surface area contributed by atoms with Crippen LogP contribution in [0.2, 0.25) is 0 Å². The molecule has 0 saturated carbocycles. The quantitative estimate of drug-likeness (QED) is 0.0261. The maximum atomic E-state index is 12.9. The molecule has 0 rings (SSSR count). The van der Waals surface area contributed by atoms with Crippen molar-refractivity contribution in [3.63, 3.8) is 0 Å². The number of ether oxygens (including phenoxy) is 3. The molecule has 75 heavy (non-hydrogen) atoms. The molecule has 0 saturated heterocycles. The maximum absolute atomic E-state index is 12.9. The van der Waals surface area contributed by atoms with Gasteiger partial charge in [0, 0.05) is 19.3 Å². The Labute approximate surface area is 463 Å². The second kappa shape index (κ2) is 62.6. The van der Waals surface area contributed by atoms with Crippen molar-refractivity contribution in [2.24, 2.45) is 0 Å². The molecule has 0 aromatic rings. The van der Waals surface area contributed by atoms with Crippen LogP contribution in [0.1, 0.15) is 290 Å². The Hall–Kier alpha value is -3.93. The van der Waals surface area contributed by atoms with E-state index in [4.69, 9.17) is 14.2 Å². The average molecular weight is 1040 g/mol. The van der Waals surface area contributed by atoms with Crippen molar-refractivity contribution in [1.29, 1.82) is 0 Å². The summed E-state index contributed by atoms with van der Waals surface area (Å²) in [5.74, 6) is -1.01. The van der Waals surface area contributed by atoms with E-state index in [-0.39, 0.29) is 31.6 Å². The zero-order valence-corrected chi connectivity index (χ0v) is 49.0. The molecule has 0 aromatic heterocycles. The molecule has 0 amide bonds. The van der Waals surface area contributed by atoms with Gasteiger partial charge >= 0.3 is 17.9 Å². The summed E-state index contributed by atoms with van der Waals surface area (Å²) in [7, 11) is 0.